The molecule has 0 aliphatic rings. The molecule has 0 radical (unpaired) electrons. The van der Waals surface area contributed by atoms with Crippen LogP contribution in [0.15, 0.2) is 0 Å². The van der Waals surface area contributed by atoms with E-state index in [-0.39, 0.29) is 11.9 Å². The molecule has 0 fully saturated rings. The summed E-state index contributed by atoms with van der Waals surface area (Å²) < 4.78 is 0. The van der Waals surface area contributed by atoms with Crippen molar-refractivity contribution in [3.8, 4) is 0 Å². The van der Waals surface area contributed by atoms with Gasteiger partial charge in [0.25, 0.3) is 0 Å². The Morgan fingerprint density at radius 3 is 2.55 bits per heavy atom. The lowest BCUT2D eigenvalue weighted by Gasteiger charge is -2.13. The second-order valence-corrected chi connectivity index (χ2v) is 3.85. The first-order valence-corrected chi connectivity index (χ1v) is 4.92. The third-order valence-electron chi connectivity index (χ3n) is 1.54. The summed E-state index contributed by atoms with van der Waals surface area (Å²) in [4.78, 5) is 10.6. The van der Waals surface area contributed by atoms with E-state index in [0.29, 0.717) is 5.25 Å². The number of hydrogen-bond donors (Lipinski definition) is 2. The fraction of sp³-hybridized carbons (Fsp3) is 0.857. The second kappa shape index (κ2) is 5.43. The molecule has 0 bridgehead atoms. The number of thioether (sulfide) groups is 1. The van der Waals surface area contributed by atoms with Crippen LogP contribution < -0.4 is 11.1 Å². The molecule has 11 heavy (non-hydrogen) atoms. The molecule has 0 heterocycles. The van der Waals surface area contributed by atoms with E-state index in [2.05, 4.69) is 12.2 Å². The van der Waals surface area contributed by atoms with E-state index in [9.17, 15) is 4.79 Å². The van der Waals surface area contributed by atoms with Crippen molar-refractivity contribution in [3.05, 3.63) is 0 Å². The molecule has 3 nitrogen and oxygen atoms in total. The zero-order valence-corrected chi connectivity index (χ0v) is 8.07. The van der Waals surface area contributed by atoms with Gasteiger partial charge in [-0.2, -0.15) is 11.8 Å². The Bertz CT molecular complexity index is 130. The average Bonchev–Trinajstić information content (AvgIpc) is 1.99. The fourth-order valence-electron chi connectivity index (χ4n) is 0.527. The van der Waals surface area contributed by atoms with E-state index in [4.69, 9.17) is 5.73 Å². The highest BCUT2D eigenvalue weighted by molar-refractivity contribution is 7.99. The van der Waals surface area contributed by atoms with Crippen LogP contribution in [-0.2, 0) is 4.79 Å². The Labute approximate surface area is 72.1 Å². The zero-order valence-electron chi connectivity index (χ0n) is 7.26. The number of rotatable bonds is 5. The van der Waals surface area contributed by atoms with Crippen LogP contribution in [0.4, 0.5) is 0 Å². The van der Waals surface area contributed by atoms with Crippen molar-refractivity contribution in [2.24, 2.45) is 5.73 Å². The summed E-state index contributed by atoms with van der Waals surface area (Å²) in [5.74, 6) is -0.293. The van der Waals surface area contributed by atoms with Crippen molar-refractivity contribution in [2.75, 3.05) is 12.8 Å². The van der Waals surface area contributed by atoms with Crippen molar-refractivity contribution in [1.29, 1.82) is 0 Å². The summed E-state index contributed by atoms with van der Waals surface area (Å²) >= 11 is 1.76. The van der Waals surface area contributed by atoms with E-state index in [1.165, 1.54) is 0 Å². The SMILES string of the molecule is CSC(C)CNC(C)C(N)=O. The van der Waals surface area contributed by atoms with Gasteiger partial charge in [0.1, 0.15) is 0 Å². The molecule has 0 aliphatic heterocycles. The lowest BCUT2D eigenvalue weighted by atomic mass is 10.3. The molecule has 0 aromatic heterocycles. The van der Waals surface area contributed by atoms with Crippen LogP contribution in [0.2, 0.25) is 0 Å². The largest absolute Gasteiger partial charge is 0.368 e. The molecule has 3 N–H and O–H groups in total. The topological polar surface area (TPSA) is 55.1 Å². The van der Waals surface area contributed by atoms with Gasteiger partial charge in [-0.25, -0.2) is 0 Å². The minimum Gasteiger partial charge on any atom is -0.368 e. The molecule has 0 saturated heterocycles. The van der Waals surface area contributed by atoms with Gasteiger partial charge >= 0.3 is 0 Å². The molecule has 2 atom stereocenters. The smallest absolute Gasteiger partial charge is 0.234 e. The first-order chi connectivity index (χ1) is 5.07. The van der Waals surface area contributed by atoms with Crippen molar-refractivity contribution in [1.82, 2.24) is 5.32 Å². The van der Waals surface area contributed by atoms with E-state index < -0.39 is 0 Å². The minimum atomic E-state index is -0.293. The monoisotopic (exact) mass is 176 g/mol. The van der Waals surface area contributed by atoms with Gasteiger partial charge in [0.2, 0.25) is 5.91 Å². The maximum absolute atomic E-state index is 10.6. The lowest BCUT2D eigenvalue weighted by Crippen LogP contribution is -2.41. The van der Waals surface area contributed by atoms with Crippen molar-refractivity contribution >= 4 is 17.7 Å². The van der Waals surface area contributed by atoms with E-state index >= 15 is 0 Å². The predicted octanol–water partition coefficient (Wildman–Crippen LogP) is 0.201. The highest BCUT2D eigenvalue weighted by atomic mass is 32.2. The molecule has 0 saturated carbocycles. The number of carbonyl (C=O) groups is 1. The fourth-order valence-corrected chi connectivity index (χ4v) is 0.790. The molecule has 0 aromatic rings. The van der Waals surface area contributed by atoms with Crippen LogP contribution in [0, 0.1) is 0 Å². The average molecular weight is 176 g/mol. The molecular formula is C7H16N2OS. The number of carbonyl (C=O) groups excluding carboxylic acids is 1. The van der Waals surface area contributed by atoms with Crippen LogP contribution in [0.5, 0.6) is 0 Å². The summed E-state index contributed by atoms with van der Waals surface area (Å²) in [5, 5.41) is 3.56. The van der Waals surface area contributed by atoms with Crippen molar-refractivity contribution in [2.45, 2.75) is 25.1 Å². The first-order valence-electron chi connectivity index (χ1n) is 3.63. The molecule has 0 aliphatic carbocycles. The molecule has 0 spiro atoms. The molecule has 2 unspecified atom stereocenters. The van der Waals surface area contributed by atoms with E-state index in [1.807, 2.05) is 6.26 Å². The normalized spacial score (nSPS) is 15.9. The Morgan fingerprint density at radius 1 is 1.64 bits per heavy atom. The number of primary amides is 1. The third kappa shape index (κ3) is 5.09. The summed E-state index contributed by atoms with van der Waals surface area (Å²) in [6, 6.07) is -0.218. The number of hydrogen-bond acceptors (Lipinski definition) is 3. The Hall–Kier alpha value is -0.220. The summed E-state index contributed by atoms with van der Waals surface area (Å²) in [7, 11) is 0. The van der Waals surface area contributed by atoms with E-state index in [1.54, 1.807) is 18.7 Å². The van der Waals surface area contributed by atoms with Gasteiger partial charge in [-0.05, 0) is 13.2 Å². The maximum Gasteiger partial charge on any atom is 0.234 e. The highest BCUT2D eigenvalue weighted by Crippen LogP contribution is 2.02. The van der Waals surface area contributed by atoms with Crippen LogP contribution in [0.1, 0.15) is 13.8 Å². The number of amides is 1. The highest BCUT2D eigenvalue weighted by Gasteiger charge is 2.08. The molecule has 1 amide bonds. The molecule has 4 heteroatoms. The van der Waals surface area contributed by atoms with Crippen LogP contribution >= 0.6 is 11.8 Å². The lowest BCUT2D eigenvalue weighted by molar-refractivity contribution is -0.119. The quantitative estimate of drug-likeness (QED) is 0.629. The Balaban J connectivity index is 3.45. The third-order valence-corrected chi connectivity index (χ3v) is 2.51. The number of nitrogens with one attached hydrogen (secondary N) is 1. The van der Waals surface area contributed by atoms with Gasteiger partial charge in [0.15, 0.2) is 0 Å². The summed E-state index contributed by atoms with van der Waals surface area (Å²) in [6.45, 7) is 4.70. The predicted molar refractivity (Wildman–Crippen MR) is 49.6 cm³/mol. The van der Waals surface area contributed by atoms with Gasteiger partial charge in [-0.1, -0.05) is 6.92 Å². The number of nitrogens with two attached hydrogens (primary N) is 1. The molecule has 0 rings (SSSR count). The van der Waals surface area contributed by atoms with Gasteiger partial charge in [-0.15, -0.1) is 0 Å². The summed E-state index contributed by atoms with van der Waals surface area (Å²) in [5.41, 5.74) is 5.06. The van der Waals surface area contributed by atoms with E-state index in [0.717, 1.165) is 6.54 Å². The summed E-state index contributed by atoms with van der Waals surface area (Å²) in [6.07, 6.45) is 2.04. The molecular weight excluding hydrogens is 160 g/mol. The maximum atomic E-state index is 10.6. The van der Waals surface area contributed by atoms with Crippen LogP contribution in [0.3, 0.4) is 0 Å². The zero-order chi connectivity index (χ0) is 8.85. The molecule has 0 aromatic carbocycles. The minimum absolute atomic E-state index is 0.218. The van der Waals surface area contributed by atoms with Crippen molar-refractivity contribution in [3.63, 3.8) is 0 Å². The second-order valence-electron chi connectivity index (χ2n) is 2.58. The Kier molecular flexibility index (Phi) is 5.32. The van der Waals surface area contributed by atoms with Crippen LogP contribution in [-0.4, -0.2) is 30.0 Å². The first kappa shape index (κ1) is 10.8. The van der Waals surface area contributed by atoms with Crippen LogP contribution in [0.25, 0.3) is 0 Å². The van der Waals surface area contributed by atoms with Gasteiger partial charge in [0, 0.05) is 11.8 Å². The Morgan fingerprint density at radius 2 is 2.18 bits per heavy atom. The van der Waals surface area contributed by atoms with Gasteiger partial charge in [-0.3, -0.25) is 4.79 Å². The standard InChI is InChI=1S/C7H16N2OS/c1-5(11-3)4-9-6(2)7(8)10/h5-6,9H,4H2,1-3H3,(H2,8,10). The molecule has 66 valence electrons. The van der Waals surface area contributed by atoms with Crippen molar-refractivity contribution < 1.29 is 4.79 Å². The van der Waals surface area contributed by atoms with Gasteiger partial charge < -0.3 is 11.1 Å². The van der Waals surface area contributed by atoms with Gasteiger partial charge in [0.05, 0.1) is 6.04 Å².